The molecule has 7 nitrogen and oxygen atoms in total. The average Bonchev–Trinajstić information content (AvgIpc) is 2.54. The first-order chi connectivity index (χ1) is 10.6. The molecule has 0 unspecified atom stereocenters. The second-order valence-corrected chi connectivity index (χ2v) is 4.51. The van der Waals surface area contributed by atoms with Gasteiger partial charge in [-0.2, -0.15) is 5.26 Å². The number of anilines is 2. The Bertz CT molecular complexity index is 665. The van der Waals surface area contributed by atoms with Crippen molar-refractivity contribution in [3.05, 3.63) is 48.7 Å². The third kappa shape index (κ3) is 3.64. The van der Waals surface area contributed by atoms with E-state index in [2.05, 4.69) is 4.98 Å². The van der Waals surface area contributed by atoms with E-state index in [0.717, 1.165) is 10.9 Å². The molecule has 22 heavy (non-hydrogen) atoms. The summed E-state index contributed by atoms with van der Waals surface area (Å²) in [7, 11) is 3.75. The lowest BCUT2D eigenvalue weighted by atomic mass is 10.3. The molecule has 0 aliphatic rings. The lowest BCUT2D eigenvalue weighted by Gasteiger charge is -2.21. The number of urea groups is 1. The SMILES string of the molecule is CN(C)c1ccc(ON(C(=O)NC#N)c2ccccc2)cn1. The molecule has 0 atom stereocenters. The zero-order chi connectivity index (χ0) is 15.9. The van der Waals surface area contributed by atoms with Crippen molar-refractivity contribution in [2.45, 2.75) is 0 Å². The van der Waals surface area contributed by atoms with Gasteiger partial charge in [0, 0.05) is 14.1 Å². The highest BCUT2D eigenvalue weighted by Crippen LogP contribution is 2.19. The summed E-state index contributed by atoms with van der Waals surface area (Å²) in [4.78, 5) is 23.6. The number of nitriles is 1. The summed E-state index contributed by atoms with van der Waals surface area (Å²) in [5.74, 6) is 1.14. The maximum absolute atomic E-state index is 12.0. The Morgan fingerprint density at radius 2 is 1.95 bits per heavy atom. The van der Waals surface area contributed by atoms with E-state index >= 15 is 0 Å². The quantitative estimate of drug-likeness (QED) is 0.531. The van der Waals surface area contributed by atoms with Gasteiger partial charge in [-0.3, -0.25) is 0 Å². The molecule has 0 spiro atoms. The molecule has 112 valence electrons. The molecule has 2 amide bonds. The van der Waals surface area contributed by atoms with Gasteiger partial charge in [0.05, 0.1) is 11.9 Å². The smallest absolute Gasteiger partial charge is 0.368 e. The third-order valence-electron chi connectivity index (χ3n) is 2.71. The van der Waals surface area contributed by atoms with Crippen LogP contribution in [-0.4, -0.2) is 25.1 Å². The van der Waals surface area contributed by atoms with E-state index in [9.17, 15) is 4.79 Å². The maximum Gasteiger partial charge on any atom is 0.368 e. The van der Waals surface area contributed by atoms with Gasteiger partial charge in [0.2, 0.25) is 0 Å². The first-order valence-electron chi connectivity index (χ1n) is 6.47. The second kappa shape index (κ2) is 6.95. The van der Waals surface area contributed by atoms with E-state index < -0.39 is 6.03 Å². The Morgan fingerprint density at radius 1 is 1.23 bits per heavy atom. The fourth-order valence-corrected chi connectivity index (χ4v) is 1.67. The molecule has 0 saturated carbocycles. The number of nitrogens with zero attached hydrogens (tertiary/aromatic N) is 4. The van der Waals surface area contributed by atoms with Crippen molar-refractivity contribution >= 4 is 17.5 Å². The molecule has 0 fully saturated rings. The lowest BCUT2D eigenvalue weighted by molar-refractivity contribution is 0.216. The number of para-hydroxylation sites is 1. The Labute approximate surface area is 128 Å². The van der Waals surface area contributed by atoms with Crippen LogP contribution in [0.2, 0.25) is 0 Å². The molecule has 1 aromatic carbocycles. The van der Waals surface area contributed by atoms with Crippen molar-refractivity contribution in [2.75, 3.05) is 24.1 Å². The van der Waals surface area contributed by atoms with Crippen LogP contribution in [0.1, 0.15) is 0 Å². The fourth-order valence-electron chi connectivity index (χ4n) is 1.67. The predicted octanol–water partition coefficient (Wildman–Crippen LogP) is 2.14. The van der Waals surface area contributed by atoms with Gasteiger partial charge in [0.1, 0.15) is 5.82 Å². The number of aromatic nitrogens is 1. The van der Waals surface area contributed by atoms with Gasteiger partial charge in [0.15, 0.2) is 11.9 Å². The van der Waals surface area contributed by atoms with Gasteiger partial charge in [-0.25, -0.2) is 15.1 Å². The number of benzene rings is 1. The largest absolute Gasteiger partial charge is 0.369 e. The van der Waals surface area contributed by atoms with Crippen molar-refractivity contribution in [1.82, 2.24) is 10.3 Å². The molecule has 0 aliphatic carbocycles. The molecule has 0 aliphatic heterocycles. The van der Waals surface area contributed by atoms with E-state index in [1.54, 1.807) is 42.6 Å². The summed E-state index contributed by atoms with van der Waals surface area (Å²) in [6.07, 6.45) is 3.09. The van der Waals surface area contributed by atoms with Crippen LogP contribution in [0.4, 0.5) is 16.3 Å². The summed E-state index contributed by atoms with van der Waals surface area (Å²) >= 11 is 0. The highest BCUT2D eigenvalue weighted by Gasteiger charge is 2.18. The van der Waals surface area contributed by atoms with Gasteiger partial charge in [-0.15, -0.1) is 5.06 Å². The molecule has 1 aromatic heterocycles. The van der Waals surface area contributed by atoms with Gasteiger partial charge in [0.25, 0.3) is 0 Å². The maximum atomic E-state index is 12.0. The first kappa shape index (κ1) is 15.1. The van der Waals surface area contributed by atoms with Crippen LogP contribution >= 0.6 is 0 Å². The fraction of sp³-hybridized carbons (Fsp3) is 0.133. The molecule has 2 aromatic rings. The van der Waals surface area contributed by atoms with Crippen LogP contribution in [-0.2, 0) is 0 Å². The van der Waals surface area contributed by atoms with Crippen molar-refractivity contribution in [2.24, 2.45) is 0 Å². The Hall–Kier alpha value is -3.27. The third-order valence-corrected chi connectivity index (χ3v) is 2.71. The molecule has 1 heterocycles. The number of hydrogen-bond donors (Lipinski definition) is 1. The number of pyridine rings is 1. The molecule has 0 radical (unpaired) electrons. The van der Waals surface area contributed by atoms with Crippen LogP contribution < -0.4 is 20.1 Å². The number of nitrogens with one attached hydrogen (secondary N) is 1. The van der Waals surface area contributed by atoms with Crippen molar-refractivity contribution in [3.8, 4) is 11.9 Å². The Kier molecular flexibility index (Phi) is 4.78. The van der Waals surface area contributed by atoms with E-state index in [-0.39, 0.29) is 0 Å². The van der Waals surface area contributed by atoms with Crippen molar-refractivity contribution in [1.29, 1.82) is 5.26 Å². The number of hydroxylamine groups is 1. The molecule has 0 bridgehead atoms. The van der Waals surface area contributed by atoms with E-state index in [4.69, 9.17) is 10.1 Å². The highest BCUT2D eigenvalue weighted by atomic mass is 16.7. The normalized spacial score (nSPS) is 9.50. The molecular weight excluding hydrogens is 282 g/mol. The minimum Gasteiger partial charge on any atom is -0.369 e. The number of carbonyl (C=O) groups is 1. The van der Waals surface area contributed by atoms with Crippen LogP contribution in [0.5, 0.6) is 5.75 Å². The Morgan fingerprint density at radius 3 is 2.50 bits per heavy atom. The van der Waals surface area contributed by atoms with E-state index in [1.807, 2.05) is 30.4 Å². The number of rotatable bonds is 4. The minimum atomic E-state index is -0.689. The predicted molar refractivity (Wildman–Crippen MR) is 82.3 cm³/mol. The van der Waals surface area contributed by atoms with E-state index in [1.165, 1.54) is 6.20 Å². The average molecular weight is 297 g/mol. The molecule has 0 saturated heterocycles. The van der Waals surface area contributed by atoms with Crippen LogP contribution in [0.25, 0.3) is 0 Å². The summed E-state index contributed by atoms with van der Waals surface area (Å²) < 4.78 is 0. The van der Waals surface area contributed by atoms with Crippen LogP contribution in [0.3, 0.4) is 0 Å². The molecular formula is C15H15N5O2. The van der Waals surface area contributed by atoms with E-state index in [0.29, 0.717) is 11.4 Å². The topological polar surface area (TPSA) is 81.5 Å². The minimum absolute atomic E-state index is 0.377. The number of carbonyl (C=O) groups excluding carboxylic acids is 1. The Balaban J connectivity index is 2.23. The molecule has 2 rings (SSSR count). The van der Waals surface area contributed by atoms with Crippen LogP contribution in [0, 0.1) is 11.5 Å². The first-order valence-corrected chi connectivity index (χ1v) is 6.47. The van der Waals surface area contributed by atoms with Crippen LogP contribution in [0.15, 0.2) is 48.7 Å². The number of hydrogen-bond acceptors (Lipinski definition) is 5. The number of amides is 2. The van der Waals surface area contributed by atoms with Crippen molar-refractivity contribution < 1.29 is 9.63 Å². The summed E-state index contributed by atoms with van der Waals surface area (Å²) in [6.45, 7) is 0. The molecule has 1 N–H and O–H groups in total. The van der Waals surface area contributed by atoms with Gasteiger partial charge >= 0.3 is 6.03 Å². The zero-order valence-corrected chi connectivity index (χ0v) is 12.2. The standard InChI is InChI=1S/C15H15N5O2/c1-19(2)14-9-8-13(10-17-14)22-20(15(21)18-11-16)12-6-4-3-5-7-12/h3-10H,1-2H3,(H,18,21). The van der Waals surface area contributed by atoms with Crippen molar-refractivity contribution in [3.63, 3.8) is 0 Å². The van der Waals surface area contributed by atoms with Gasteiger partial charge < -0.3 is 9.74 Å². The van der Waals surface area contributed by atoms with Gasteiger partial charge in [-0.05, 0) is 24.3 Å². The zero-order valence-electron chi connectivity index (χ0n) is 12.2. The highest BCUT2D eigenvalue weighted by molar-refractivity contribution is 5.91. The molecule has 7 heteroatoms. The van der Waals surface area contributed by atoms with Gasteiger partial charge in [-0.1, -0.05) is 18.2 Å². The monoisotopic (exact) mass is 297 g/mol. The lowest BCUT2D eigenvalue weighted by Crippen LogP contribution is -2.40. The summed E-state index contributed by atoms with van der Waals surface area (Å²) in [6, 6.07) is 11.5. The summed E-state index contributed by atoms with van der Waals surface area (Å²) in [5.41, 5.74) is 0.493. The second-order valence-electron chi connectivity index (χ2n) is 4.51. The summed E-state index contributed by atoms with van der Waals surface area (Å²) in [5, 5.41) is 11.6.